The first-order valence-electron chi connectivity index (χ1n) is 6.63. The van der Waals surface area contributed by atoms with Crippen LogP contribution in [0.4, 0.5) is 0 Å². The number of nitrogens with zero attached hydrogens (tertiary/aromatic N) is 4. The largest absolute Gasteiger partial charge is 0.192 e. The molecular weight excluding hydrogens is 272 g/mol. The second-order valence-corrected chi connectivity index (χ2v) is 4.52. The Morgan fingerprint density at radius 1 is 0.864 bits per heavy atom. The van der Waals surface area contributed by atoms with E-state index >= 15 is 0 Å². The number of hydrogen-bond acceptors (Lipinski definition) is 4. The van der Waals surface area contributed by atoms with Gasteiger partial charge in [-0.05, 0) is 23.1 Å². The smallest absolute Gasteiger partial charge is 0.138 e. The monoisotopic (exact) mass is 282 g/mol. The van der Waals surface area contributed by atoms with Crippen molar-refractivity contribution in [1.29, 1.82) is 21.0 Å². The van der Waals surface area contributed by atoms with E-state index in [0.717, 1.165) is 0 Å². The lowest BCUT2D eigenvalue weighted by atomic mass is 9.96. The molecule has 0 bridgehead atoms. The van der Waals surface area contributed by atoms with Crippen molar-refractivity contribution in [3.8, 4) is 24.3 Å². The lowest BCUT2D eigenvalue weighted by Gasteiger charge is -2.04. The molecule has 0 aromatic heterocycles. The van der Waals surface area contributed by atoms with E-state index in [1.807, 2.05) is 37.3 Å². The van der Waals surface area contributed by atoms with Crippen molar-refractivity contribution in [2.75, 3.05) is 0 Å². The van der Waals surface area contributed by atoms with E-state index < -0.39 is 0 Å². The third-order valence-electron chi connectivity index (χ3n) is 3.36. The van der Waals surface area contributed by atoms with Crippen LogP contribution in [-0.4, -0.2) is 0 Å². The fraction of sp³-hybridized carbons (Fsp3) is 0.111. The van der Waals surface area contributed by atoms with Crippen molar-refractivity contribution in [3.05, 3.63) is 58.2 Å². The standard InChI is InChI=1S/C18H10N4/c1-2-5-16-17(12(8-19)9-20)14-6-3-4-7-15(14)18(16)13(10-21)11-22/h3-7H,2H2,1H3. The van der Waals surface area contributed by atoms with Crippen LogP contribution in [0.1, 0.15) is 24.5 Å². The molecule has 0 unspecified atom stereocenters. The lowest BCUT2D eigenvalue weighted by molar-refractivity contribution is 1.22. The Labute approximate surface area is 128 Å². The van der Waals surface area contributed by atoms with Crippen molar-refractivity contribution in [2.45, 2.75) is 13.3 Å². The third kappa shape index (κ3) is 2.16. The van der Waals surface area contributed by atoms with E-state index in [4.69, 9.17) is 0 Å². The van der Waals surface area contributed by atoms with Crippen LogP contribution in [-0.2, 0) is 0 Å². The molecule has 0 fully saturated rings. The van der Waals surface area contributed by atoms with E-state index in [1.54, 1.807) is 24.3 Å². The normalized spacial score (nSPS) is 11.6. The predicted octanol–water partition coefficient (Wildman–Crippen LogP) is 3.64. The highest BCUT2D eigenvalue weighted by Crippen LogP contribution is 2.47. The molecule has 0 radical (unpaired) electrons. The first-order chi connectivity index (χ1) is 10.7. The lowest BCUT2D eigenvalue weighted by Crippen LogP contribution is -1.89. The molecule has 1 aromatic rings. The maximum absolute atomic E-state index is 9.23. The minimum absolute atomic E-state index is 0.0163. The van der Waals surface area contributed by atoms with E-state index in [9.17, 15) is 21.0 Å². The zero-order chi connectivity index (χ0) is 16.1. The Kier molecular flexibility index (Phi) is 4.19. The third-order valence-corrected chi connectivity index (χ3v) is 3.36. The van der Waals surface area contributed by atoms with E-state index in [0.29, 0.717) is 34.3 Å². The fourth-order valence-electron chi connectivity index (χ4n) is 2.55. The number of fused-ring (bicyclic) bond motifs is 1. The van der Waals surface area contributed by atoms with E-state index in [1.165, 1.54) is 0 Å². The summed E-state index contributed by atoms with van der Waals surface area (Å²) in [7, 11) is 0. The summed E-state index contributed by atoms with van der Waals surface area (Å²) in [5, 5.41) is 36.9. The van der Waals surface area contributed by atoms with Crippen LogP contribution in [0.25, 0.3) is 11.1 Å². The van der Waals surface area contributed by atoms with Crippen molar-refractivity contribution < 1.29 is 0 Å². The van der Waals surface area contributed by atoms with Crippen molar-refractivity contribution >= 4 is 11.1 Å². The summed E-state index contributed by atoms with van der Waals surface area (Å²) in [5.74, 6) is 0. The molecular formula is C18H10N4. The van der Waals surface area contributed by atoms with Gasteiger partial charge in [0.05, 0.1) is 0 Å². The number of rotatable bonds is 1. The highest BCUT2D eigenvalue weighted by molar-refractivity contribution is 6.12. The van der Waals surface area contributed by atoms with Gasteiger partial charge in [-0.2, -0.15) is 21.0 Å². The van der Waals surface area contributed by atoms with Gasteiger partial charge >= 0.3 is 0 Å². The van der Waals surface area contributed by atoms with Gasteiger partial charge in [0.1, 0.15) is 35.4 Å². The Bertz CT molecular complexity index is 797. The molecule has 0 amide bonds. The van der Waals surface area contributed by atoms with Crippen LogP contribution in [0.2, 0.25) is 0 Å². The van der Waals surface area contributed by atoms with Gasteiger partial charge in [0.2, 0.25) is 0 Å². The van der Waals surface area contributed by atoms with Crippen LogP contribution in [0.5, 0.6) is 0 Å². The average molecular weight is 282 g/mol. The predicted molar refractivity (Wildman–Crippen MR) is 81.1 cm³/mol. The molecule has 0 saturated carbocycles. The van der Waals surface area contributed by atoms with Crippen molar-refractivity contribution in [1.82, 2.24) is 0 Å². The molecule has 1 aromatic carbocycles. The van der Waals surface area contributed by atoms with Crippen molar-refractivity contribution in [2.24, 2.45) is 0 Å². The fourth-order valence-corrected chi connectivity index (χ4v) is 2.55. The van der Waals surface area contributed by atoms with Crippen molar-refractivity contribution in [3.63, 3.8) is 0 Å². The number of allylic oxidation sites excluding steroid dienone is 6. The molecule has 0 saturated heterocycles. The summed E-state index contributed by atoms with van der Waals surface area (Å²) in [6.07, 6.45) is 2.50. The molecule has 4 heteroatoms. The Morgan fingerprint density at radius 2 is 1.27 bits per heavy atom. The molecule has 0 atom stereocenters. The van der Waals surface area contributed by atoms with Gasteiger partial charge in [-0.15, -0.1) is 0 Å². The molecule has 0 spiro atoms. The van der Waals surface area contributed by atoms with Crippen LogP contribution >= 0.6 is 0 Å². The second-order valence-electron chi connectivity index (χ2n) is 4.52. The number of benzene rings is 1. The van der Waals surface area contributed by atoms with E-state index in [-0.39, 0.29) is 11.1 Å². The molecule has 2 rings (SSSR count). The van der Waals surface area contributed by atoms with Gasteiger partial charge in [-0.1, -0.05) is 37.3 Å². The number of hydrogen-bond donors (Lipinski definition) is 0. The highest BCUT2D eigenvalue weighted by Gasteiger charge is 2.31. The second kappa shape index (κ2) is 6.23. The van der Waals surface area contributed by atoms with Crippen LogP contribution in [0, 0.1) is 45.3 Å². The van der Waals surface area contributed by atoms with Gasteiger partial charge in [0.15, 0.2) is 0 Å². The highest BCUT2D eigenvalue weighted by atomic mass is 14.4. The average Bonchev–Trinajstić information content (AvgIpc) is 2.86. The summed E-state index contributed by atoms with van der Waals surface area (Å²) in [4.78, 5) is 0. The summed E-state index contributed by atoms with van der Waals surface area (Å²) in [6.45, 7) is 1.92. The minimum Gasteiger partial charge on any atom is -0.192 e. The minimum atomic E-state index is -0.0163. The summed E-state index contributed by atoms with van der Waals surface area (Å²) >= 11 is 0. The Balaban J connectivity index is 3.03. The first-order valence-corrected chi connectivity index (χ1v) is 6.63. The molecule has 1 aliphatic carbocycles. The van der Waals surface area contributed by atoms with Crippen LogP contribution in [0.15, 0.2) is 47.1 Å². The van der Waals surface area contributed by atoms with Gasteiger partial charge in [-0.3, -0.25) is 0 Å². The first kappa shape index (κ1) is 14.8. The SMILES string of the molecule is CCC=C1C(=C(C#N)C#N)c2ccccc2C1=C(C#N)C#N. The summed E-state index contributed by atoms with van der Waals surface area (Å²) in [6, 6.07) is 14.8. The molecule has 0 aliphatic heterocycles. The molecule has 0 N–H and O–H groups in total. The maximum atomic E-state index is 9.23. The quantitative estimate of drug-likeness (QED) is 0.734. The molecule has 1 aliphatic rings. The van der Waals surface area contributed by atoms with Gasteiger partial charge in [-0.25, -0.2) is 0 Å². The molecule has 0 heterocycles. The summed E-state index contributed by atoms with van der Waals surface area (Å²) in [5.41, 5.74) is 2.99. The van der Waals surface area contributed by atoms with E-state index in [2.05, 4.69) is 0 Å². The van der Waals surface area contributed by atoms with Crippen LogP contribution in [0.3, 0.4) is 0 Å². The maximum Gasteiger partial charge on any atom is 0.138 e. The Hall–Kier alpha value is -3.60. The summed E-state index contributed by atoms with van der Waals surface area (Å²) < 4.78 is 0. The topological polar surface area (TPSA) is 95.2 Å². The zero-order valence-electron chi connectivity index (χ0n) is 11.9. The molecule has 4 nitrogen and oxygen atoms in total. The van der Waals surface area contributed by atoms with Gasteiger partial charge in [0, 0.05) is 11.1 Å². The van der Waals surface area contributed by atoms with Crippen LogP contribution < -0.4 is 0 Å². The van der Waals surface area contributed by atoms with Gasteiger partial charge in [0.25, 0.3) is 0 Å². The number of nitriles is 4. The molecule has 22 heavy (non-hydrogen) atoms. The Morgan fingerprint density at radius 3 is 1.59 bits per heavy atom. The molecule has 102 valence electrons. The zero-order valence-corrected chi connectivity index (χ0v) is 11.9. The van der Waals surface area contributed by atoms with Gasteiger partial charge < -0.3 is 0 Å².